The molecule has 0 N–H and O–H groups in total. The van der Waals surface area contributed by atoms with Crippen molar-refractivity contribution in [3.05, 3.63) is 10.6 Å². The van der Waals surface area contributed by atoms with Gasteiger partial charge in [-0.05, 0) is 34.7 Å². The number of nitrogens with zero attached hydrogens (tertiary/aromatic N) is 1. The summed E-state index contributed by atoms with van der Waals surface area (Å²) in [5.41, 5.74) is 0. The molecule has 0 heterocycles. The minimum absolute atomic E-state index is 0.651. The lowest BCUT2D eigenvalue weighted by Crippen LogP contribution is -2.02. The molecule has 0 aromatic heterocycles. The molecule has 11 heavy (non-hydrogen) atoms. The molecule has 1 aliphatic carbocycles. The van der Waals surface area contributed by atoms with E-state index in [9.17, 15) is 0 Å². The second-order valence-electron chi connectivity index (χ2n) is 3.02. The van der Waals surface area contributed by atoms with E-state index < -0.39 is 0 Å². The molecule has 2 heteroatoms. The monoisotopic (exact) mass is 213 g/mol. The van der Waals surface area contributed by atoms with Crippen LogP contribution in [0.1, 0.15) is 32.1 Å². The number of hydrogen-bond donors (Lipinski definition) is 0. The Hall–Kier alpha value is -0.290. The van der Waals surface area contributed by atoms with Crippen LogP contribution in [-0.2, 0) is 0 Å². The van der Waals surface area contributed by atoms with E-state index in [-0.39, 0.29) is 0 Å². The fourth-order valence-corrected chi connectivity index (χ4v) is 1.92. The molecule has 1 nitrogen and oxygen atoms in total. The van der Waals surface area contributed by atoms with Crippen LogP contribution in [0, 0.1) is 17.2 Å². The van der Waals surface area contributed by atoms with Crippen molar-refractivity contribution in [1.29, 1.82) is 5.26 Å². The van der Waals surface area contributed by atoms with E-state index in [1.165, 1.54) is 32.1 Å². The van der Waals surface area contributed by atoms with E-state index in [1.807, 2.05) is 0 Å². The Morgan fingerprint density at radius 2 is 2.00 bits per heavy atom. The van der Waals surface area contributed by atoms with E-state index in [2.05, 4.69) is 28.1 Å². The minimum Gasteiger partial charge on any atom is -0.192 e. The van der Waals surface area contributed by atoms with E-state index in [4.69, 9.17) is 5.26 Å². The quantitative estimate of drug-likeness (QED) is 0.614. The Morgan fingerprint density at radius 3 is 2.55 bits per heavy atom. The number of allylic oxidation sites excluding steroid dienone is 2. The minimum atomic E-state index is 0.651. The first kappa shape index (κ1) is 8.80. The molecule has 0 unspecified atom stereocenters. The zero-order valence-corrected chi connectivity index (χ0v) is 8.10. The molecule has 0 aliphatic heterocycles. The van der Waals surface area contributed by atoms with Gasteiger partial charge >= 0.3 is 0 Å². The van der Waals surface area contributed by atoms with Gasteiger partial charge in [0.1, 0.15) is 6.07 Å². The van der Waals surface area contributed by atoms with Gasteiger partial charge in [-0.3, -0.25) is 0 Å². The van der Waals surface area contributed by atoms with Crippen LogP contribution in [0.2, 0.25) is 0 Å². The first-order valence-corrected chi connectivity index (χ1v) is 4.89. The summed E-state index contributed by atoms with van der Waals surface area (Å²) in [6.45, 7) is 0. The molecule has 1 aliphatic rings. The first-order valence-electron chi connectivity index (χ1n) is 4.10. The largest absolute Gasteiger partial charge is 0.192 e. The SMILES string of the molecule is N#C/C(Br)=C\C1CCCCC1. The Balaban J connectivity index is 2.42. The number of halogens is 1. The molecule has 0 amide bonds. The summed E-state index contributed by atoms with van der Waals surface area (Å²) >= 11 is 3.21. The van der Waals surface area contributed by atoms with E-state index >= 15 is 0 Å². The van der Waals surface area contributed by atoms with Gasteiger partial charge in [0, 0.05) is 0 Å². The standard InChI is InChI=1S/C9H12BrN/c10-9(7-11)6-8-4-2-1-3-5-8/h6,8H,1-5H2/b9-6+. The third kappa shape index (κ3) is 3.07. The van der Waals surface area contributed by atoms with Gasteiger partial charge in [-0.2, -0.15) is 5.26 Å². The number of hydrogen-bond acceptors (Lipinski definition) is 1. The second-order valence-corrected chi connectivity index (χ2v) is 3.88. The zero-order valence-electron chi connectivity index (χ0n) is 6.52. The maximum atomic E-state index is 8.50. The Kier molecular flexibility index (Phi) is 3.65. The summed E-state index contributed by atoms with van der Waals surface area (Å²) in [4.78, 5) is 0. The molecule has 1 fully saturated rings. The fraction of sp³-hybridized carbons (Fsp3) is 0.667. The third-order valence-electron chi connectivity index (χ3n) is 2.14. The average Bonchev–Trinajstić information content (AvgIpc) is 2.06. The second kappa shape index (κ2) is 4.56. The summed E-state index contributed by atoms with van der Waals surface area (Å²) < 4.78 is 0.699. The highest BCUT2D eigenvalue weighted by Crippen LogP contribution is 2.26. The molecular formula is C9H12BrN. The predicted octanol–water partition coefficient (Wildman–Crippen LogP) is 3.37. The normalized spacial score (nSPS) is 21.3. The summed E-state index contributed by atoms with van der Waals surface area (Å²) in [5.74, 6) is 0.651. The molecule has 60 valence electrons. The van der Waals surface area contributed by atoms with E-state index in [1.54, 1.807) is 0 Å². The maximum absolute atomic E-state index is 8.50. The van der Waals surface area contributed by atoms with Crippen LogP contribution < -0.4 is 0 Å². The molecule has 0 aromatic rings. The molecule has 0 radical (unpaired) electrons. The van der Waals surface area contributed by atoms with Gasteiger partial charge in [-0.25, -0.2) is 0 Å². The topological polar surface area (TPSA) is 23.8 Å². The highest BCUT2D eigenvalue weighted by atomic mass is 79.9. The van der Waals surface area contributed by atoms with Crippen molar-refractivity contribution in [3.63, 3.8) is 0 Å². The summed E-state index contributed by atoms with van der Waals surface area (Å²) in [6, 6.07) is 2.09. The van der Waals surface area contributed by atoms with Crippen LogP contribution in [0.3, 0.4) is 0 Å². The molecule has 0 bridgehead atoms. The van der Waals surface area contributed by atoms with E-state index in [0.717, 1.165) is 0 Å². The molecule has 1 saturated carbocycles. The van der Waals surface area contributed by atoms with Crippen LogP contribution in [0.15, 0.2) is 10.6 Å². The van der Waals surface area contributed by atoms with Crippen molar-refractivity contribution in [2.24, 2.45) is 5.92 Å². The number of nitriles is 1. The van der Waals surface area contributed by atoms with Crippen molar-refractivity contribution in [3.8, 4) is 6.07 Å². The highest BCUT2D eigenvalue weighted by molar-refractivity contribution is 9.12. The fourth-order valence-electron chi connectivity index (χ4n) is 1.55. The molecule has 0 aromatic carbocycles. The number of rotatable bonds is 1. The van der Waals surface area contributed by atoms with Gasteiger partial charge < -0.3 is 0 Å². The Morgan fingerprint density at radius 1 is 1.36 bits per heavy atom. The van der Waals surface area contributed by atoms with Crippen molar-refractivity contribution >= 4 is 15.9 Å². The van der Waals surface area contributed by atoms with Gasteiger partial charge in [0.15, 0.2) is 0 Å². The predicted molar refractivity (Wildman–Crippen MR) is 49.2 cm³/mol. The summed E-state index contributed by atoms with van der Waals surface area (Å²) in [7, 11) is 0. The van der Waals surface area contributed by atoms with Crippen LogP contribution in [-0.4, -0.2) is 0 Å². The molecule has 0 spiro atoms. The van der Waals surface area contributed by atoms with Gasteiger partial charge in [-0.1, -0.05) is 25.3 Å². The average molecular weight is 214 g/mol. The lowest BCUT2D eigenvalue weighted by Gasteiger charge is -2.17. The lowest BCUT2D eigenvalue weighted by molar-refractivity contribution is 0.419. The molecule has 0 saturated heterocycles. The van der Waals surface area contributed by atoms with Crippen molar-refractivity contribution in [2.45, 2.75) is 32.1 Å². The molecule has 0 atom stereocenters. The van der Waals surface area contributed by atoms with Gasteiger partial charge in [0.25, 0.3) is 0 Å². The van der Waals surface area contributed by atoms with Crippen molar-refractivity contribution < 1.29 is 0 Å². The van der Waals surface area contributed by atoms with Gasteiger partial charge in [0.05, 0.1) is 4.48 Å². The maximum Gasteiger partial charge on any atom is 0.106 e. The first-order chi connectivity index (χ1) is 5.33. The smallest absolute Gasteiger partial charge is 0.106 e. The van der Waals surface area contributed by atoms with Crippen molar-refractivity contribution in [2.75, 3.05) is 0 Å². The molecular weight excluding hydrogens is 202 g/mol. The Bertz CT molecular complexity index is 184. The highest BCUT2D eigenvalue weighted by Gasteiger charge is 2.10. The van der Waals surface area contributed by atoms with Crippen LogP contribution in [0.5, 0.6) is 0 Å². The van der Waals surface area contributed by atoms with Crippen LogP contribution in [0.4, 0.5) is 0 Å². The van der Waals surface area contributed by atoms with Crippen LogP contribution in [0.25, 0.3) is 0 Å². The van der Waals surface area contributed by atoms with Crippen molar-refractivity contribution in [1.82, 2.24) is 0 Å². The lowest BCUT2D eigenvalue weighted by atomic mass is 9.89. The van der Waals surface area contributed by atoms with Gasteiger partial charge in [0.2, 0.25) is 0 Å². The van der Waals surface area contributed by atoms with Crippen LogP contribution >= 0.6 is 15.9 Å². The zero-order chi connectivity index (χ0) is 8.10. The third-order valence-corrected chi connectivity index (χ3v) is 2.58. The summed E-state index contributed by atoms with van der Waals surface area (Å²) in [6.07, 6.45) is 8.60. The molecule has 1 rings (SSSR count). The van der Waals surface area contributed by atoms with Gasteiger partial charge in [-0.15, -0.1) is 0 Å². The Labute approximate surface area is 76.2 Å². The summed E-state index contributed by atoms with van der Waals surface area (Å²) in [5, 5.41) is 8.50. The van der Waals surface area contributed by atoms with E-state index in [0.29, 0.717) is 10.4 Å².